The van der Waals surface area contributed by atoms with E-state index in [0.717, 1.165) is 11.4 Å². The summed E-state index contributed by atoms with van der Waals surface area (Å²) in [5, 5.41) is 0.393. The zero-order chi connectivity index (χ0) is 11.1. The highest BCUT2D eigenvalue weighted by molar-refractivity contribution is 6.28. The Kier molecular flexibility index (Phi) is 2.72. The van der Waals surface area contributed by atoms with E-state index in [4.69, 9.17) is 11.6 Å². The molecule has 82 valence electrons. The lowest BCUT2D eigenvalue weighted by molar-refractivity contribution is 0.408. The quantitative estimate of drug-likeness (QED) is 0.680. The molecule has 1 aromatic rings. The van der Waals surface area contributed by atoms with E-state index in [2.05, 4.69) is 36.8 Å². The molecular formula is C12H17ClN2. The van der Waals surface area contributed by atoms with Crippen molar-refractivity contribution < 1.29 is 0 Å². The molecule has 1 aliphatic carbocycles. The molecule has 1 aliphatic rings. The smallest absolute Gasteiger partial charge is 0.222 e. The summed E-state index contributed by atoms with van der Waals surface area (Å²) < 4.78 is 0. The third-order valence-electron chi connectivity index (χ3n) is 3.01. The van der Waals surface area contributed by atoms with Crippen molar-refractivity contribution in [2.24, 2.45) is 0 Å². The highest BCUT2D eigenvalue weighted by Gasteiger charge is 2.24. The van der Waals surface area contributed by atoms with Gasteiger partial charge in [-0.3, -0.25) is 0 Å². The Morgan fingerprint density at radius 1 is 1.27 bits per heavy atom. The van der Waals surface area contributed by atoms with E-state index in [1.54, 1.807) is 0 Å². The number of hydrogen-bond donors (Lipinski definition) is 0. The van der Waals surface area contributed by atoms with Crippen LogP contribution in [0.2, 0.25) is 5.28 Å². The van der Waals surface area contributed by atoms with Gasteiger partial charge in [0.05, 0.1) is 5.69 Å². The summed E-state index contributed by atoms with van der Waals surface area (Å²) in [5.74, 6) is 0.617. The maximum atomic E-state index is 5.96. The maximum Gasteiger partial charge on any atom is 0.222 e. The normalized spacial score (nSPS) is 17.6. The fraction of sp³-hybridized carbons (Fsp3) is 0.667. The summed E-state index contributed by atoms with van der Waals surface area (Å²) in [6, 6.07) is 2.12. The predicted molar refractivity (Wildman–Crippen MR) is 62.3 cm³/mol. The van der Waals surface area contributed by atoms with E-state index < -0.39 is 0 Å². The van der Waals surface area contributed by atoms with Gasteiger partial charge in [0.1, 0.15) is 0 Å². The van der Waals surface area contributed by atoms with E-state index in [9.17, 15) is 0 Å². The van der Waals surface area contributed by atoms with Crippen LogP contribution in [0.1, 0.15) is 57.3 Å². The van der Waals surface area contributed by atoms with Crippen LogP contribution in [-0.4, -0.2) is 9.97 Å². The van der Waals surface area contributed by atoms with Crippen LogP contribution in [-0.2, 0) is 5.41 Å². The van der Waals surface area contributed by atoms with Crippen molar-refractivity contribution in [2.75, 3.05) is 0 Å². The Balaban J connectivity index is 2.36. The molecule has 0 atom stereocenters. The molecule has 0 amide bonds. The van der Waals surface area contributed by atoms with Crippen LogP contribution >= 0.6 is 11.6 Å². The van der Waals surface area contributed by atoms with E-state index in [1.165, 1.54) is 19.3 Å². The summed E-state index contributed by atoms with van der Waals surface area (Å²) in [4.78, 5) is 8.62. The maximum absolute atomic E-state index is 5.96. The van der Waals surface area contributed by atoms with Gasteiger partial charge in [-0.05, 0) is 30.5 Å². The molecule has 0 aliphatic heterocycles. The molecule has 1 saturated carbocycles. The minimum Gasteiger partial charge on any atom is -0.223 e. The molecule has 2 nitrogen and oxygen atoms in total. The molecule has 0 spiro atoms. The molecule has 0 saturated heterocycles. The van der Waals surface area contributed by atoms with Gasteiger partial charge in [0.15, 0.2) is 0 Å². The van der Waals surface area contributed by atoms with Gasteiger partial charge in [-0.15, -0.1) is 0 Å². The molecule has 15 heavy (non-hydrogen) atoms. The first-order valence-electron chi connectivity index (χ1n) is 5.52. The lowest BCUT2D eigenvalue weighted by Gasteiger charge is -2.26. The number of nitrogens with zero attached hydrogens (tertiary/aromatic N) is 2. The number of halogens is 1. The average molecular weight is 225 g/mol. The lowest BCUT2D eigenvalue weighted by atomic mass is 9.81. The second-order valence-electron chi connectivity index (χ2n) is 5.32. The van der Waals surface area contributed by atoms with Gasteiger partial charge in [-0.25, -0.2) is 9.97 Å². The zero-order valence-corrected chi connectivity index (χ0v) is 10.3. The molecule has 1 heterocycles. The third-order valence-corrected chi connectivity index (χ3v) is 3.18. The van der Waals surface area contributed by atoms with Crippen LogP contribution < -0.4 is 0 Å². The molecule has 1 aromatic heterocycles. The van der Waals surface area contributed by atoms with Gasteiger partial charge in [0.25, 0.3) is 0 Å². The second kappa shape index (κ2) is 3.75. The topological polar surface area (TPSA) is 25.8 Å². The van der Waals surface area contributed by atoms with Crippen molar-refractivity contribution in [2.45, 2.75) is 51.4 Å². The highest BCUT2D eigenvalue weighted by atomic mass is 35.5. The van der Waals surface area contributed by atoms with Crippen LogP contribution in [0.5, 0.6) is 0 Å². The van der Waals surface area contributed by atoms with E-state index in [1.807, 2.05) is 0 Å². The van der Waals surface area contributed by atoms with Gasteiger partial charge in [0, 0.05) is 17.0 Å². The van der Waals surface area contributed by atoms with Crippen molar-refractivity contribution in [1.82, 2.24) is 9.97 Å². The van der Waals surface area contributed by atoms with Gasteiger partial charge in [-0.1, -0.05) is 27.2 Å². The Labute approximate surface area is 96.1 Å². The summed E-state index contributed by atoms with van der Waals surface area (Å²) in [6.07, 6.45) is 3.81. The van der Waals surface area contributed by atoms with Crippen LogP contribution in [0, 0.1) is 0 Å². The molecule has 1 fully saturated rings. The van der Waals surface area contributed by atoms with Crippen LogP contribution in [0.25, 0.3) is 0 Å². The van der Waals surface area contributed by atoms with Crippen LogP contribution in [0.4, 0.5) is 0 Å². The van der Waals surface area contributed by atoms with E-state index in [0.29, 0.717) is 11.2 Å². The van der Waals surface area contributed by atoms with Gasteiger partial charge in [0.2, 0.25) is 5.28 Å². The molecule has 0 radical (unpaired) electrons. The first-order valence-corrected chi connectivity index (χ1v) is 5.89. The molecule has 3 heteroatoms. The number of rotatable bonds is 1. The summed E-state index contributed by atoms with van der Waals surface area (Å²) >= 11 is 5.96. The molecule has 2 rings (SSSR count). The Morgan fingerprint density at radius 3 is 2.40 bits per heavy atom. The number of hydrogen-bond acceptors (Lipinski definition) is 2. The Bertz CT molecular complexity index is 364. The van der Waals surface area contributed by atoms with Crippen molar-refractivity contribution in [3.05, 3.63) is 22.7 Å². The largest absolute Gasteiger partial charge is 0.223 e. The Morgan fingerprint density at radius 2 is 1.93 bits per heavy atom. The van der Waals surface area contributed by atoms with Gasteiger partial charge in [-0.2, -0.15) is 0 Å². The van der Waals surface area contributed by atoms with Gasteiger partial charge >= 0.3 is 0 Å². The molecule has 0 bridgehead atoms. The predicted octanol–water partition coefficient (Wildman–Crippen LogP) is 3.70. The van der Waals surface area contributed by atoms with Crippen LogP contribution in [0.15, 0.2) is 6.07 Å². The number of aromatic nitrogens is 2. The van der Waals surface area contributed by atoms with Crippen molar-refractivity contribution in [3.8, 4) is 0 Å². The molecule has 0 N–H and O–H groups in total. The summed E-state index contributed by atoms with van der Waals surface area (Å²) in [6.45, 7) is 6.45. The minimum absolute atomic E-state index is 0.0467. The zero-order valence-electron chi connectivity index (χ0n) is 9.55. The minimum atomic E-state index is 0.0467. The molecule has 0 unspecified atom stereocenters. The van der Waals surface area contributed by atoms with E-state index >= 15 is 0 Å². The fourth-order valence-corrected chi connectivity index (χ4v) is 1.92. The summed E-state index contributed by atoms with van der Waals surface area (Å²) in [7, 11) is 0. The van der Waals surface area contributed by atoms with Crippen molar-refractivity contribution >= 4 is 11.6 Å². The van der Waals surface area contributed by atoms with Crippen molar-refractivity contribution in [3.63, 3.8) is 0 Å². The first kappa shape index (κ1) is 10.9. The average Bonchev–Trinajstić information content (AvgIpc) is 1.97. The first-order chi connectivity index (χ1) is 6.97. The SMILES string of the molecule is CC(C)(C)c1cc(C2CCC2)nc(Cl)n1. The van der Waals surface area contributed by atoms with Gasteiger partial charge < -0.3 is 0 Å². The molecular weight excluding hydrogens is 208 g/mol. The second-order valence-corrected chi connectivity index (χ2v) is 5.66. The Hall–Kier alpha value is -0.630. The lowest BCUT2D eigenvalue weighted by Crippen LogP contribution is -2.17. The monoisotopic (exact) mass is 224 g/mol. The van der Waals surface area contributed by atoms with Crippen LogP contribution in [0.3, 0.4) is 0 Å². The standard InChI is InChI=1S/C12H17ClN2/c1-12(2,3)10-7-9(8-5-4-6-8)14-11(13)15-10/h7-8H,4-6H2,1-3H3. The third kappa shape index (κ3) is 2.31. The summed E-state index contributed by atoms with van der Waals surface area (Å²) in [5.41, 5.74) is 2.22. The van der Waals surface area contributed by atoms with E-state index in [-0.39, 0.29) is 5.41 Å². The van der Waals surface area contributed by atoms with Crippen molar-refractivity contribution in [1.29, 1.82) is 0 Å². The molecule has 0 aromatic carbocycles. The fourth-order valence-electron chi connectivity index (χ4n) is 1.73. The highest BCUT2D eigenvalue weighted by Crippen LogP contribution is 2.36.